The van der Waals surface area contributed by atoms with Gasteiger partial charge in [0.2, 0.25) is 0 Å². The number of hydrogen-bond acceptors (Lipinski definition) is 4. The van der Waals surface area contributed by atoms with Gasteiger partial charge in [0, 0.05) is 13.1 Å². The van der Waals surface area contributed by atoms with Crippen molar-refractivity contribution >= 4 is 5.82 Å². The Morgan fingerprint density at radius 1 is 1.32 bits per heavy atom. The van der Waals surface area contributed by atoms with Gasteiger partial charge in [-0.3, -0.25) is 0 Å². The molecule has 2 aromatic rings. The van der Waals surface area contributed by atoms with Gasteiger partial charge >= 0.3 is 0 Å². The van der Waals surface area contributed by atoms with Crippen molar-refractivity contribution in [2.75, 3.05) is 4.90 Å². The van der Waals surface area contributed by atoms with Crippen LogP contribution < -0.4 is 4.90 Å². The third kappa shape index (κ3) is 2.04. The summed E-state index contributed by atoms with van der Waals surface area (Å²) in [4.78, 5) is 10.3. The van der Waals surface area contributed by atoms with E-state index in [4.69, 9.17) is 5.26 Å². The van der Waals surface area contributed by atoms with E-state index >= 15 is 0 Å². The van der Waals surface area contributed by atoms with Crippen LogP contribution >= 0.6 is 0 Å². The maximum absolute atomic E-state index is 9.12. The third-order valence-electron chi connectivity index (χ3n) is 3.51. The number of aryl methyl sites for hydroxylation is 1. The lowest BCUT2D eigenvalue weighted by Crippen LogP contribution is -2.17. The summed E-state index contributed by atoms with van der Waals surface area (Å²) in [6.45, 7) is 3.78. The highest BCUT2D eigenvalue weighted by Crippen LogP contribution is 2.29. The van der Waals surface area contributed by atoms with Crippen LogP contribution in [0.3, 0.4) is 0 Å². The molecule has 0 bridgehead atoms. The summed E-state index contributed by atoms with van der Waals surface area (Å²) >= 11 is 0. The van der Waals surface area contributed by atoms with E-state index in [0.29, 0.717) is 5.56 Å². The summed E-state index contributed by atoms with van der Waals surface area (Å²) < 4.78 is 0. The molecule has 0 atom stereocenters. The zero-order valence-electron chi connectivity index (χ0n) is 10.8. The molecule has 2 heterocycles. The fourth-order valence-corrected chi connectivity index (χ4v) is 2.47. The molecule has 0 unspecified atom stereocenters. The van der Waals surface area contributed by atoms with Crippen molar-refractivity contribution in [1.29, 1.82) is 5.26 Å². The molecule has 0 radical (unpaired) electrons. The molecule has 4 heteroatoms. The summed E-state index contributed by atoms with van der Waals surface area (Å²) in [5, 5.41) is 9.12. The van der Waals surface area contributed by atoms with E-state index < -0.39 is 0 Å². The lowest BCUT2D eigenvalue weighted by Gasteiger charge is -2.16. The topological polar surface area (TPSA) is 52.8 Å². The Morgan fingerprint density at radius 3 is 2.95 bits per heavy atom. The summed E-state index contributed by atoms with van der Waals surface area (Å²) in [7, 11) is 0. The van der Waals surface area contributed by atoms with Crippen molar-refractivity contribution in [3.8, 4) is 6.07 Å². The Morgan fingerprint density at radius 2 is 2.16 bits per heavy atom. The van der Waals surface area contributed by atoms with Crippen LogP contribution in [0.25, 0.3) is 0 Å². The van der Waals surface area contributed by atoms with Gasteiger partial charge in [-0.1, -0.05) is 25.1 Å². The predicted molar refractivity (Wildman–Crippen MR) is 72.5 cm³/mol. The second-order valence-electron chi connectivity index (χ2n) is 4.68. The van der Waals surface area contributed by atoms with Crippen molar-refractivity contribution in [1.82, 2.24) is 9.97 Å². The van der Waals surface area contributed by atoms with Crippen LogP contribution in [0.1, 0.15) is 29.2 Å². The fraction of sp³-hybridized carbons (Fsp3) is 0.267. The first-order chi connectivity index (χ1) is 9.31. The molecule has 94 valence electrons. The third-order valence-corrected chi connectivity index (χ3v) is 3.51. The molecule has 19 heavy (non-hydrogen) atoms. The smallest absolute Gasteiger partial charge is 0.150 e. The molecular weight excluding hydrogens is 236 g/mol. The van der Waals surface area contributed by atoms with Gasteiger partial charge in [-0.15, -0.1) is 0 Å². The standard InChI is InChI=1S/C15H14N4/c1-2-11-3-4-12-8-19(9-13(12)5-11)15-14(6-16)7-17-10-18-15/h3-5,7,10H,2,8-9H2,1H3. The average Bonchev–Trinajstić information content (AvgIpc) is 2.89. The molecule has 4 nitrogen and oxygen atoms in total. The molecule has 0 spiro atoms. The minimum Gasteiger partial charge on any atom is -0.347 e. The van der Waals surface area contributed by atoms with Crippen molar-refractivity contribution in [3.05, 3.63) is 53.0 Å². The summed E-state index contributed by atoms with van der Waals surface area (Å²) in [5.74, 6) is 0.728. The fourth-order valence-electron chi connectivity index (χ4n) is 2.47. The van der Waals surface area contributed by atoms with Crippen molar-refractivity contribution in [2.24, 2.45) is 0 Å². The molecular formula is C15H14N4. The predicted octanol–water partition coefficient (Wildman–Crippen LogP) is 2.43. The van der Waals surface area contributed by atoms with E-state index in [0.717, 1.165) is 25.3 Å². The van der Waals surface area contributed by atoms with Gasteiger partial charge in [0.25, 0.3) is 0 Å². The Kier molecular flexibility index (Phi) is 2.88. The van der Waals surface area contributed by atoms with E-state index in [9.17, 15) is 0 Å². The van der Waals surface area contributed by atoms with Crippen molar-refractivity contribution in [3.63, 3.8) is 0 Å². The average molecular weight is 250 g/mol. The van der Waals surface area contributed by atoms with E-state index in [-0.39, 0.29) is 0 Å². The minimum atomic E-state index is 0.533. The number of nitrogens with zero attached hydrogens (tertiary/aromatic N) is 4. The number of nitriles is 1. The molecule has 0 N–H and O–H groups in total. The minimum absolute atomic E-state index is 0.533. The second kappa shape index (κ2) is 4.69. The van der Waals surface area contributed by atoms with Crippen LogP contribution in [0.5, 0.6) is 0 Å². The number of benzene rings is 1. The van der Waals surface area contributed by atoms with Gasteiger partial charge in [0.05, 0.1) is 6.20 Å². The van der Waals surface area contributed by atoms with Crippen LogP contribution in [0.2, 0.25) is 0 Å². The van der Waals surface area contributed by atoms with Gasteiger partial charge in [0.15, 0.2) is 5.82 Å². The molecule has 3 rings (SSSR count). The second-order valence-corrected chi connectivity index (χ2v) is 4.68. The van der Waals surface area contributed by atoms with Crippen LogP contribution in [0.15, 0.2) is 30.7 Å². The lowest BCUT2D eigenvalue weighted by molar-refractivity contribution is 0.848. The molecule has 1 aromatic carbocycles. The molecule has 0 amide bonds. The van der Waals surface area contributed by atoms with E-state index in [1.165, 1.54) is 23.0 Å². The molecule has 0 fully saturated rings. The summed E-state index contributed by atoms with van der Waals surface area (Å²) in [5.41, 5.74) is 4.54. The first-order valence-corrected chi connectivity index (χ1v) is 6.37. The van der Waals surface area contributed by atoms with Gasteiger partial charge in [-0.2, -0.15) is 5.26 Å². The Bertz CT molecular complexity index is 657. The maximum atomic E-state index is 9.12. The largest absolute Gasteiger partial charge is 0.347 e. The van der Waals surface area contributed by atoms with Crippen molar-refractivity contribution in [2.45, 2.75) is 26.4 Å². The highest BCUT2D eigenvalue weighted by atomic mass is 15.2. The van der Waals surface area contributed by atoms with Crippen LogP contribution in [0.4, 0.5) is 5.82 Å². The quantitative estimate of drug-likeness (QED) is 0.821. The summed E-state index contributed by atoms with van der Waals surface area (Å²) in [6.07, 6.45) is 4.11. The van der Waals surface area contributed by atoms with Crippen molar-refractivity contribution < 1.29 is 0 Å². The molecule has 1 aromatic heterocycles. The number of anilines is 1. The van der Waals surface area contributed by atoms with E-state index in [2.05, 4.69) is 46.1 Å². The first-order valence-electron chi connectivity index (χ1n) is 6.37. The molecule has 0 saturated heterocycles. The zero-order chi connectivity index (χ0) is 13.2. The normalized spacial score (nSPS) is 13.2. The highest BCUT2D eigenvalue weighted by molar-refractivity contribution is 5.56. The first kappa shape index (κ1) is 11.7. The number of rotatable bonds is 2. The van der Waals surface area contributed by atoms with Gasteiger partial charge in [-0.05, 0) is 23.1 Å². The molecule has 0 aliphatic carbocycles. The van der Waals surface area contributed by atoms with Crippen LogP contribution in [-0.4, -0.2) is 9.97 Å². The zero-order valence-corrected chi connectivity index (χ0v) is 10.8. The summed E-state index contributed by atoms with van der Waals surface area (Å²) in [6, 6.07) is 8.76. The maximum Gasteiger partial charge on any atom is 0.150 e. The van der Waals surface area contributed by atoms with Gasteiger partial charge < -0.3 is 4.90 Å². The molecule has 0 saturated carbocycles. The van der Waals surface area contributed by atoms with E-state index in [1.54, 1.807) is 6.20 Å². The molecule has 1 aliphatic rings. The van der Waals surface area contributed by atoms with E-state index in [1.807, 2.05) is 0 Å². The number of aromatic nitrogens is 2. The lowest BCUT2D eigenvalue weighted by atomic mass is 10.1. The van der Waals surface area contributed by atoms with Gasteiger partial charge in [-0.25, -0.2) is 9.97 Å². The highest BCUT2D eigenvalue weighted by Gasteiger charge is 2.22. The monoisotopic (exact) mass is 250 g/mol. The SMILES string of the molecule is CCc1ccc2c(c1)CN(c1ncncc1C#N)C2. The van der Waals surface area contributed by atoms with Crippen LogP contribution in [0, 0.1) is 11.3 Å². The van der Waals surface area contributed by atoms with Gasteiger partial charge in [0.1, 0.15) is 18.0 Å². The Hall–Kier alpha value is -2.41. The Balaban J connectivity index is 1.93. The number of fused-ring (bicyclic) bond motifs is 1. The Labute approximate surface area is 112 Å². The number of hydrogen-bond donors (Lipinski definition) is 0. The van der Waals surface area contributed by atoms with Crippen LogP contribution in [-0.2, 0) is 19.5 Å². The molecule has 1 aliphatic heterocycles.